The number of rotatable bonds is 4. The number of carbonyl (C=O) groups excluding carboxylic acids is 1. The molecule has 1 saturated carbocycles. The minimum Gasteiger partial charge on any atom is -0.351 e. The zero-order chi connectivity index (χ0) is 15.1. The van der Waals surface area contributed by atoms with Crippen LogP contribution in [-0.2, 0) is 0 Å². The zero-order valence-electron chi connectivity index (χ0n) is 12.7. The predicted molar refractivity (Wildman–Crippen MR) is 85.9 cm³/mol. The lowest BCUT2D eigenvalue weighted by Gasteiger charge is -2.27. The summed E-state index contributed by atoms with van der Waals surface area (Å²) in [7, 11) is 0. The maximum Gasteiger partial charge on any atom is 0.251 e. The fourth-order valence-electron chi connectivity index (χ4n) is 3.04. The summed E-state index contributed by atoms with van der Waals surface area (Å²) < 4.78 is 0. The average Bonchev–Trinajstić information content (AvgIpc) is 3.00. The first-order valence-corrected chi connectivity index (χ1v) is 7.76. The van der Waals surface area contributed by atoms with Gasteiger partial charge < -0.3 is 11.1 Å². The lowest BCUT2D eigenvalue weighted by atomic mass is 9.83. The second-order valence-electron chi connectivity index (χ2n) is 5.83. The number of amides is 1. The topological polar surface area (TPSA) is 55.1 Å². The van der Waals surface area contributed by atoms with Crippen molar-refractivity contribution >= 4 is 5.91 Å². The number of benzene rings is 1. The Morgan fingerprint density at radius 1 is 1.38 bits per heavy atom. The molecule has 1 aromatic rings. The fourth-order valence-corrected chi connectivity index (χ4v) is 3.04. The summed E-state index contributed by atoms with van der Waals surface area (Å²) >= 11 is 0. The van der Waals surface area contributed by atoms with Crippen molar-refractivity contribution in [2.75, 3.05) is 13.1 Å². The molecular weight excluding hydrogens is 260 g/mol. The van der Waals surface area contributed by atoms with Crippen LogP contribution in [0.4, 0.5) is 0 Å². The van der Waals surface area contributed by atoms with Crippen LogP contribution in [-0.4, -0.2) is 19.0 Å². The van der Waals surface area contributed by atoms with Gasteiger partial charge in [-0.05, 0) is 42.9 Å². The van der Waals surface area contributed by atoms with Gasteiger partial charge in [-0.2, -0.15) is 0 Å². The third kappa shape index (κ3) is 4.09. The van der Waals surface area contributed by atoms with Gasteiger partial charge in [0.25, 0.3) is 5.91 Å². The largest absolute Gasteiger partial charge is 0.351 e. The molecule has 0 bridgehead atoms. The van der Waals surface area contributed by atoms with Crippen molar-refractivity contribution in [1.29, 1.82) is 0 Å². The van der Waals surface area contributed by atoms with E-state index >= 15 is 0 Å². The van der Waals surface area contributed by atoms with E-state index in [1.165, 1.54) is 25.7 Å². The van der Waals surface area contributed by atoms with Crippen molar-refractivity contribution in [2.24, 2.45) is 11.1 Å². The number of carbonyl (C=O) groups is 1. The molecule has 0 unspecified atom stereocenters. The van der Waals surface area contributed by atoms with Gasteiger partial charge in [-0.1, -0.05) is 37.7 Å². The van der Waals surface area contributed by atoms with E-state index in [-0.39, 0.29) is 5.91 Å². The zero-order valence-corrected chi connectivity index (χ0v) is 12.7. The molecule has 1 amide bonds. The van der Waals surface area contributed by atoms with Crippen LogP contribution in [0.3, 0.4) is 0 Å². The molecule has 3 N–H and O–H groups in total. The second kappa shape index (κ2) is 7.28. The van der Waals surface area contributed by atoms with Crippen LogP contribution in [0.25, 0.3) is 0 Å². The molecule has 1 aliphatic carbocycles. The average molecular weight is 284 g/mol. The van der Waals surface area contributed by atoms with E-state index in [4.69, 9.17) is 5.73 Å². The highest BCUT2D eigenvalue weighted by molar-refractivity contribution is 5.94. The van der Waals surface area contributed by atoms with Crippen LogP contribution in [0.1, 0.15) is 54.9 Å². The maximum absolute atomic E-state index is 12.3. The van der Waals surface area contributed by atoms with E-state index in [0.717, 1.165) is 18.5 Å². The quantitative estimate of drug-likeness (QED) is 0.835. The molecule has 1 aromatic carbocycles. The first-order valence-electron chi connectivity index (χ1n) is 7.76. The highest BCUT2D eigenvalue weighted by Gasteiger charge is 2.32. The summed E-state index contributed by atoms with van der Waals surface area (Å²) in [5, 5.41) is 3.10. The molecule has 112 valence electrons. The third-order valence-electron chi connectivity index (χ3n) is 4.50. The Morgan fingerprint density at radius 2 is 2.14 bits per heavy atom. The lowest BCUT2D eigenvalue weighted by molar-refractivity contribution is 0.0928. The van der Waals surface area contributed by atoms with Crippen LogP contribution < -0.4 is 11.1 Å². The molecule has 0 heterocycles. The Labute approximate surface area is 127 Å². The smallest absolute Gasteiger partial charge is 0.251 e. The first-order chi connectivity index (χ1) is 10.2. The highest BCUT2D eigenvalue weighted by Crippen LogP contribution is 2.40. The van der Waals surface area contributed by atoms with Crippen LogP contribution in [0, 0.1) is 17.3 Å². The summed E-state index contributed by atoms with van der Waals surface area (Å²) in [6, 6.07) is 7.41. The minimum absolute atomic E-state index is 0.00822. The van der Waals surface area contributed by atoms with E-state index in [1.807, 2.05) is 24.3 Å². The lowest BCUT2D eigenvalue weighted by Crippen LogP contribution is -2.35. The number of hydrogen-bond acceptors (Lipinski definition) is 2. The summed E-state index contributed by atoms with van der Waals surface area (Å²) in [5.41, 5.74) is 7.18. The summed E-state index contributed by atoms with van der Waals surface area (Å²) in [6.07, 6.45) is 6.16. The van der Waals surface area contributed by atoms with Gasteiger partial charge in [-0.15, -0.1) is 0 Å². The molecule has 21 heavy (non-hydrogen) atoms. The van der Waals surface area contributed by atoms with Gasteiger partial charge in [0.1, 0.15) is 0 Å². The summed E-state index contributed by atoms with van der Waals surface area (Å²) in [6.45, 7) is 3.33. The van der Waals surface area contributed by atoms with E-state index in [9.17, 15) is 4.79 Å². The van der Waals surface area contributed by atoms with Crippen molar-refractivity contribution in [3.8, 4) is 11.8 Å². The molecule has 0 radical (unpaired) electrons. The Morgan fingerprint density at radius 3 is 2.81 bits per heavy atom. The second-order valence-corrected chi connectivity index (χ2v) is 5.83. The molecular formula is C18H24N2O. The molecule has 0 aliphatic heterocycles. The molecule has 1 fully saturated rings. The predicted octanol–water partition coefficient (Wildman–Crippen LogP) is 2.70. The minimum atomic E-state index is -0.00822. The fraction of sp³-hybridized carbons (Fsp3) is 0.500. The Balaban J connectivity index is 2.00. The molecule has 0 spiro atoms. The van der Waals surface area contributed by atoms with Gasteiger partial charge in [0.05, 0.1) is 6.54 Å². The molecule has 3 heteroatoms. The van der Waals surface area contributed by atoms with E-state index in [0.29, 0.717) is 17.5 Å². The van der Waals surface area contributed by atoms with Gasteiger partial charge in [-0.3, -0.25) is 4.79 Å². The number of nitrogens with one attached hydrogen (secondary N) is 1. The van der Waals surface area contributed by atoms with Crippen molar-refractivity contribution in [2.45, 2.75) is 39.0 Å². The SMILES string of the molecule is CCC1(CNC(=O)c2cccc(C#CCN)c2)CCCC1. The monoisotopic (exact) mass is 284 g/mol. The van der Waals surface area contributed by atoms with Crippen molar-refractivity contribution in [3.63, 3.8) is 0 Å². The van der Waals surface area contributed by atoms with Crippen LogP contribution >= 0.6 is 0 Å². The molecule has 0 atom stereocenters. The maximum atomic E-state index is 12.3. The van der Waals surface area contributed by atoms with Crippen LogP contribution in [0.2, 0.25) is 0 Å². The van der Waals surface area contributed by atoms with Crippen LogP contribution in [0.5, 0.6) is 0 Å². The van der Waals surface area contributed by atoms with Crippen molar-refractivity contribution in [3.05, 3.63) is 35.4 Å². The first kappa shape index (κ1) is 15.6. The Hall–Kier alpha value is -1.79. The molecule has 1 aliphatic rings. The molecule has 3 nitrogen and oxygen atoms in total. The van der Waals surface area contributed by atoms with Crippen LogP contribution in [0.15, 0.2) is 24.3 Å². The normalized spacial score (nSPS) is 16.1. The summed E-state index contributed by atoms with van der Waals surface area (Å²) in [5.74, 6) is 5.76. The molecule has 0 saturated heterocycles. The van der Waals surface area contributed by atoms with E-state index in [2.05, 4.69) is 24.1 Å². The van der Waals surface area contributed by atoms with E-state index < -0.39 is 0 Å². The Bertz CT molecular complexity index is 548. The van der Waals surface area contributed by atoms with Gasteiger partial charge in [-0.25, -0.2) is 0 Å². The number of hydrogen-bond donors (Lipinski definition) is 2. The molecule has 0 aromatic heterocycles. The van der Waals surface area contributed by atoms with Crippen molar-refractivity contribution in [1.82, 2.24) is 5.32 Å². The standard InChI is InChI=1S/C18H24N2O/c1-2-18(10-3-4-11-18)14-20-17(21)16-9-5-7-15(13-16)8-6-12-19/h5,7,9,13H,2-4,10-12,14,19H2,1H3,(H,20,21). The third-order valence-corrected chi connectivity index (χ3v) is 4.50. The van der Waals surface area contributed by atoms with Gasteiger partial charge in [0.15, 0.2) is 0 Å². The van der Waals surface area contributed by atoms with E-state index in [1.54, 1.807) is 0 Å². The van der Waals surface area contributed by atoms with Gasteiger partial charge in [0, 0.05) is 17.7 Å². The van der Waals surface area contributed by atoms with Gasteiger partial charge in [0.2, 0.25) is 0 Å². The highest BCUT2D eigenvalue weighted by atomic mass is 16.1. The van der Waals surface area contributed by atoms with Crippen molar-refractivity contribution < 1.29 is 4.79 Å². The Kier molecular flexibility index (Phi) is 5.41. The number of nitrogens with two attached hydrogens (primary N) is 1. The van der Waals surface area contributed by atoms with Gasteiger partial charge >= 0.3 is 0 Å². The molecule has 2 rings (SSSR count). The summed E-state index contributed by atoms with van der Waals surface area (Å²) in [4.78, 5) is 12.3.